The highest BCUT2D eigenvalue weighted by Gasteiger charge is 2.12. The second-order valence-corrected chi connectivity index (χ2v) is 5.76. The highest BCUT2D eigenvalue weighted by atomic mass is 79.9. The number of para-hydroxylation sites is 1. The molecule has 0 radical (unpaired) electrons. The number of hydrogen-bond donors (Lipinski definition) is 1. The predicted molar refractivity (Wildman–Crippen MR) is 88.9 cm³/mol. The Labute approximate surface area is 132 Å². The van der Waals surface area contributed by atoms with Crippen LogP contribution in [0, 0.1) is 0 Å². The maximum atomic E-state index is 5.88. The van der Waals surface area contributed by atoms with Crippen molar-refractivity contribution in [3.63, 3.8) is 0 Å². The zero-order valence-electron chi connectivity index (χ0n) is 11.9. The maximum Gasteiger partial charge on any atom is 0.134 e. The van der Waals surface area contributed by atoms with Crippen molar-refractivity contribution in [1.82, 2.24) is 0 Å². The fourth-order valence-electron chi connectivity index (χ4n) is 2.29. The van der Waals surface area contributed by atoms with Gasteiger partial charge < -0.3 is 14.5 Å². The summed E-state index contributed by atoms with van der Waals surface area (Å²) in [6, 6.07) is 16.1. The minimum atomic E-state index is 0.0812. The van der Waals surface area contributed by atoms with Crippen LogP contribution in [-0.2, 0) is 0 Å². The minimum absolute atomic E-state index is 0.0812. The number of rotatable bonds is 4. The van der Waals surface area contributed by atoms with Gasteiger partial charge in [-0.25, -0.2) is 0 Å². The van der Waals surface area contributed by atoms with Crippen LogP contribution in [0.2, 0.25) is 0 Å². The Kier molecular flexibility index (Phi) is 3.88. The summed E-state index contributed by atoms with van der Waals surface area (Å²) >= 11 is 3.49. The van der Waals surface area contributed by atoms with Crippen LogP contribution >= 0.6 is 15.9 Å². The fraction of sp³-hybridized carbons (Fsp3) is 0.176. The molecule has 3 nitrogen and oxygen atoms in total. The molecular formula is C17H16BrNO2. The van der Waals surface area contributed by atoms with E-state index in [0.717, 1.165) is 32.6 Å². The first kappa shape index (κ1) is 14.0. The summed E-state index contributed by atoms with van der Waals surface area (Å²) < 4.78 is 12.0. The molecule has 3 rings (SSSR count). The number of fused-ring (bicyclic) bond motifs is 1. The van der Waals surface area contributed by atoms with E-state index in [0.29, 0.717) is 0 Å². The molecule has 4 heteroatoms. The van der Waals surface area contributed by atoms with Gasteiger partial charge in [-0.2, -0.15) is 0 Å². The van der Waals surface area contributed by atoms with Crippen LogP contribution in [0.3, 0.4) is 0 Å². The van der Waals surface area contributed by atoms with E-state index in [1.54, 1.807) is 7.11 Å². The predicted octanol–water partition coefficient (Wildman–Crippen LogP) is 5.38. The zero-order chi connectivity index (χ0) is 14.8. The standard InChI is InChI=1S/C17H16BrNO2/c1-11(17-9-12-5-3-4-6-15(12)21-17)19-13-7-8-16(20-2)14(18)10-13/h3-11,19H,1-2H3. The van der Waals surface area contributed by atoms with Gasteiger partial charge in [-0.05, 0) is 53.2 Å². The van der Waals surface area contributed by atoms with E-state index in [1.165, 1.54) is 0 Å². The van der Waals surface area contributed by atoms with Crippen molar-refractivity contribution in [3.05, 3.63) is 58.8 Å². The molecule has 21 heavy (non-hydrogen) atoms. The van der Waals surface area contributed by atoms with Gasteiger partial charge in [0.1, 0.15) is 17.1 Å². The topological polar surface area (TPSA) is 34.4 Å². The Morgan fingerprint density at radius 3 is 2.67 bits per heavy atom. The smallest absolute Gasteiger partial charge is 0.134 e. The Hall–Kier alpha value is -1.94. The normalized spacial score (nSPS) is 12.3. The van der Waals surface area contributed by atoms with Crippen molar-refractivity contribution in [2.45, 2.75) is 13.0 Å². The Bertz CT molecular complexity index is 733. The van der Waals surface area contributed by atoms with Gasteiger partial charge in [-0.3, -0.25) is 0 Å². The first-order chi connectivity index (χ1) is 10.2. The van der Waals surface area contributed by atoms with E-state index < -0.39 is 0 Å². The molecule has 0 amide bonds. The second kappa shape index (κ2) is 5.82. The number of anilines is 1. The molecule has 0 aliphatic carbocycles. The molecule has 0 fully saturated rings. The molecule has 0 aliphatic heterocycles. The molecule has 0 saturated heterocycles. The van der Waals surface area contributed by atoms with Crippen molar-refractivity contribution >= 4 is 32.6 Å². The number of nitrogens with one attached hydrogen (secondary N) is 1. The molecule has 0 aliphatic rings. The van der Waals surface area contributed by atoms with E-state index >= 15 is 0 Å². The Morgan fingerprint density at radius 1 is 1.14 bits per heavy atom. The molecular weight excluding hydrogens is 330 g/mol. The van der Waals surface area contributed by atoms with E-state index in [4.69, 9.17) is 9.15 Å². The van der Waals surface area contributed by atoms with Gasteiger partial charge in [-0.15, -0.1) is 0 Å². The molecule has 0 spiro atoms. The highest BCUT2D eigenvalue weighted by molar-refractivity contribution is 9.10. The largest absolute Gasteiger partial charge is 0.496 e. The first-order valence-corrected chi connectivity index (χ1v) is 7.55. The zero-order valence-corrected chi connectivity index (χ0v) is 13.5. The van der Waals surface area contributed by atoms with E-state index in [1.807, 2.05) is 36.4 Å². The van der Waals surface area contributed by atoms with Crippen LogP contribution in [0.5, 0.6) is 5.75 Å². The summed E-state index contributed by atoms with van der Waals surface area (Å²) in [7, 11) is 1.66. The summed E-state index contributed by atoms with van der Waals surface area (Å²) in [5.41, 5.74) is 1.92. The maximum absolute atomic E-state index is 5.88. The van der Waals surface area contributed by atoms with Crippen molar-refractivity contribution in [1.29, 1.82) is 0 Å². The molecule has 1 atom stereocenters. The summed E-state index contributed by atoms with van der Waals surface area (Å²) in [6.45, 7) is 2.08. The lowest BCUT2D eigenvalue weighted by Gasteiger charge is -2.14. The van der Waals surface area contributed by atoms with E-state index in [-0.39, 0.29) is 6.04 Å². The third-order valence-electron chi connectivity index (χ3n) is 3.41. The van der Waals surface area contributed by atoms with Gasteiger partial charge in [0.25, 0.3) is 0 Å². The number of furan rings is 1. The minimum Gasteiger partial charge on any atom is -0.496 e. The summed E-state index contributed by atoms with van der Waals surface area (Å²) in [5.74, 6) is 1.74. The van der Waals surface area contributed by atoms with Crippen LogP contribution in [0.4, 0.5) is 5.69 Å². The van der Waals surface area contributed by atoms with Crippen LogP contribution < -0.4 is 10.1 Å². The summed E-state index contributed by atoms with van der Waals surface area (Å²) in [4.78, 5) is 0. The van der Waals surface area contributed by atoms with E-state index in [2.05, 4.69) is 40.3 Å². The average Bonchev–Trinajstić information content (AvgIpc) is 2.91. The summed E-state index contributed by atoms with van der Waals surface area (Å²) in [5, 5.41) is 4.55. The fourth-order valence-corrected chi connectivity index (χ4v) is 2.83. The molecule has 1 aromatic heterocycles. The SMILES string of the molecule is COc1ccc(NC(C)c2cc3ccccc3o2)cc1Br. The lowest BCUT2D eigenvalue weighted by atomic mass is 10.2. The molecule has 1 heterocycles. The lowest BCUT2D eigenvalue weighted by molar-refractivity contribution is 0.412. The number of methoxy groups -OCH3 is 1. The van der Waals surface area contributed by atoms with Crippen molar-refractivity contribution in [2.24, 2.45) is 0 Å². The summed E-state index contributed by atoms with van der Waals surface area (Å²) in [6.07, 6.45) is 0. The van der Waals surface area contributed by atoms with Crippen LogP contribution in [0.25, 0.3) is 11.0 Å². The lowest BCUT2D eigenvalue weighted by Crippen LogP contribution is -2.05. The van der Waals surface area contributed by atoms with Gasteiger partial charge in [0.05, 0.1) is 17.6 Å². The van der Waals surface area contributed by atoms with Crippen molar-refractivity contribution in [2.75, 3.05) is 12.4 Å². The van der Waals surface area contributed by atoms with Gasteiger partial charge in [0.2, 0.25) is 0 Å². The second-order valence-electron chi connectivity index (χ2n) is 4.90. The molecule has 1 N–H and O–H groups in total. The van der Waals surface area contributed by atoms with E-state index in [9.17, 15) is 0 Å². The number of hydrogen-bond acceptors (Lipinski definition) is 3. The average molecular weight is 346 g/mol. The quantitative estimate of drug-likeness (QED) is 0.689. The van der Waals surface area contributed by atoms with Crippen molar-refractivity contribution in [3.8, 4) is 5.75 Å². The van der Waals surface area contributed by atoms with Gasteiger partial charge >= 0.3 is 0 Å². The Balaban J connectivity index is 1.82. The molecule has 0 bridgehead atoms. The number of halogens is 1. The molecule has 108 valence electrons. The van der Waals surface area contributed by atoms with Crippen LogP contribution in [-0.4, -0.2) is 7.11 Å². The van der Waals surface area contributed by atoms with Crippen LogP contribution in [0.1, 0.15) is 18.7 Å². The van der Waals surface area contributed by atoms with Crippen molar-refractivity contribution < 1.29 is 9.15 Å². The highest BCUT2D eigenvalue weighted by Crippen LogP contribution is 2.30. The third kappa shape index (κ3) is 2.90. The Morgan fingerprint density at radius 2 is 1.95 bits per heavy atom. The molecule has 1 unspecified atom stereocenters. The monoisotopic (exact) mass is 345 g/mol. The van der Waals surface area contributed by atoms with Gasteiger partial charge in [0, 0.05) is 11.1 Å². The molecule has 0 saturated carbocycles. The van der Waals surface area contributed by atoms with Gasteiger partial charge in [0.15, 0.2) is 0 Å². The molecule has 3 aromatic rings. The first-order valence-electron chi connectivity index (χ1n) is 6.76. The third-order valence-corrected chi connectivity index (χ3v) is 4.03. The van der Waals surface area contributed by atoms with Crippen LogP contribution in [0.15, 0.2) is 57.4 Å². The number of benzene rings is 2. The van der Waals surface area contributed by atoms with Gasteiger partial charge in [-0.1, -0.05) is 18.2 Å². The number of ether oxygens (including phenoxy) is 1. The molecule has 2 aromatic carbocycles.